The largest absolute Gasteiger partial charge is 0.412 e. The lowest BCUT2D eigenvalue weighted by Crippen LogP contribution is -2.36. The van der Waals surface area contributed by atoms with E-state index >= 15 is 0 Å². The molecule has 0 amide bonds. The molecule has 4 rings (SSSR count). The van der Waals surface area contributed by atoms with Crippen LogP contribution in [0.2, 0.25) is 0 Å². The van der Waals surface area contributed by atoms with E-state index in [9.17, 15) is 0 Å². The standard InChI is InChI=1S/C23H24N6O.2ClH.H2O/c24-10-12-25-17-18-1-3-19(4-2-18)22-9-11-26-23(28-22)27-20-5-7-21(8-6-20)29-13-15-30-16-14-29;;;/h1-9,11,25H,12-17H2,(H,26,27,28);2*1H;1H2/i13D2,14D2;;;. The molecule has 1 fully saturated rings. The first-order valence-electron chi connectivity index (χ1n) is 11.5. The molecule has 4 N–H and O–H groups in total. The lowest BCUT2D eigenvalue weighted by atomic mass is 10.1. The van der Waals surface area contributed by atoms with Crippen molar-refractivity contribution in [2.75, 3.05) is 43.0 Å². The van der Waals surface area contributed by atoms with Gasteiger partial charge in [0.15, 0.2) is 0 Å². The summed E-state index contributed by atoms with van der Waals surface area (Å²) in [5, 5.41) is 14.8. The summed E-state index contributed by atoms with van der Waals surface area (Å²) >= 11 is 0. The highest BCUT2D eigenvalue weighted by Gasteiger charge is 2.11. The summed E-state index contributed by atoms with van der Waals surface area (Å²) in [6, 6.07) is 18.6. The molecule has 8 nitrogen and oxygen atoms in total. The van der Waals surface area contributed by atoms with E-state index in [4.69, 9.17) is 15.5 Å². The maximum absolute atomic E-state index is 8.61. The Balaban J connectivity index is 0.00000228. The van der Waals surface area contributed by atoms with E-state index in [2.05, 4.69) is 26.7 Å². The minimum Gasteiger partial charge on any atom is -0.412 e. The normalized spacial score (nSPS) is 17.2. The summed E-state index contributed by atoms with van der Waals surface area (Å²) in [5.41, 5.74) is 3.86. The van der Waals surface area contributed by atoms with Crippen LogP contribution in [0.1, 0.15) is 11.0 Å². The lowest BCUT2D eigenvalue weighted by Gasteiger charge is -2.28. The van der Waals surface area contributed by atoms with Crippen molar-refractivity contribution in [3.8, 4) is 17.3 Å². The summed E-state index contributed by atoms with van der Waals surface area (Å²) in [5.74, 6) is 0.405. The van der Waals surface area contributed by atoms with Gasteiger partial charge in [0.05, 0.1) is 37.0 Å². The Labute approximate surface area is 211 Å². The molecule has 1 aliphatic heterocycles. The maximum atomic E-state index is 8.61. The second-order valence-corrected chi connectivity index (χ2v) is 6.54. The van der Waals surface area contributed by atoms with Gasteiger partial charge in [-0.1, -0.05) is 24.3 Å². The number of nitrogens with one attached hydrogen (secondary N) is 2. The summed E-state index contributed by atoms with van der Waals surface area (Å²) in [6.07, 6.45) is 1.66. The van der Waals surface area contributed by atoms with Crippen molar-refractivity contribution < 1.29 is 15.7 Å². The zero-order valence-corrected chi connectivity index (χ0v) is 19.2. The molecule has 2 heterocycles. The number of aromatic nitrogens is 2. The Hall–Kier alpha value is -2.93. The fourth-order valence-corrected chi connectivity index (χ4v) is 2.97. The number of hydrogen-bond donors (Lipinski definition) is 2. The van der Waals surface area contributed by atoms with E-state index in [-0.39, 0.29) is 43.5 Å². The molecule has 2 aromatic carbocycles. The van der Waals surface area contributed by atoms with Crippen LogP contribution in [-0.4, -0.2) is 48.2 Å². The van der Waals surface area contributed by atoms with E-state index in [1.807, 2.05) is 30.3 Å². The first-order chi connectivity index (χ1) is 16.3. The number of benzene rings is 2. The van der Waals surface area contributed by atoms with Gasteiger partial charge in [-0.25, -0.2) is 9.97 Å². The molecule has 0 radical (unpaired) electrons. The Morgan fingerprint density at radius 3 is 2.39 bits per heavy atom. The first kappa shape index (κ1) is 21.9. The zero-order chi connectivity index (χ0) is 24.2. The number of hydrogen-bond acceptors (Lipinski definition) is 7. The second kappa shape index (κ2) is 14.3. The maximum Gasteiger partial charge on any atom is 0.227 e. The molecule has 1 aromatic heterocycles. The van der Waals surface area contributed by atoms with E-state index in [1.165, 1.54) is 0 Å². The Bertz CT molecular complexity index is 1170. The van der Waals surface area contributed by atoms with Crippen LogP contribution in [-0.2, 0) is 11.3 Å². The summed E-state index contributed by atoms with van der Waals surface area (Å²) < 4.78 is 37.7. The molecule has 0 atom stereocenters. The van der Waals surface area contributed by atoms with Crippen molar-refractivity contribution in [1.82, 2.24) is 15.3 Å². The highest BCUT2D eigenvalue weighted by atomic mass is 35.5. The fraction of sp³-hybridized carbons (Fsp3) is 0.261. The molecule has 176 valence electrons. The number of anilines is 3. The third-order valence-electron chi connectivity index (χ3n) is 4.47. The van der Waals surface area contributed by atoms with Crippen LogP contribution in [0.5, 0.6) is 0 Å². The Morgan fingerprint density at radius 1 is 1.03 bits per heavy atom. The molecule has 1 aliphatic rings. The zero-order valence-electron chi connectivity index (χ0n) is 21.6. The van der Waals surface area contributed by atoms with Gasteiger partial charge >= 0.3 is 0 Å². The van der Waals surface area contributed by atoms with Crippen LogP contribution in [0, 0.1) is 11.3 Å². The Morgan fingerprint density at radius 2 is 1.73 bits per heavy atom. The van der Waals surface area contributed by atoms with E-state index in [0.29, 0.717) is 30.4 Å². The number of morpholine rings is 1. The molecule has 0 saturated carbocycles. The highest BCUT2D eigenvalue weighted by Crippen LogP contribution is 2.22. The smallest absolute Gasteiger partial charge is 0.227 e. The van der Waals surface area contributed by atoms with Crippen molar-refractivity contribution in [3.05, 3.63) is 66.4 Å². The average Bonchev–Trinajstić information content (AvgIpc) is 2.80. The third kappa shape index (κ3) is 7.86. The molecule has 3 aromatic rings. The van der Waals surface area contributed by atoms with Crippen molar-refractivity contribution in [2.24, 2.45) is 0 Å². The van der Waals surface area contributed by atoms with Gasteiger partial charge in [0, 0.05) is 42.7 Å². The minimum atomic E-state index is -1.96. The van der Waals surface area contributed by atoms with Crippen molar-refractivity contribution in [1.29, 1.82) is 5.26 Å². The van der Waals surface area contributed by atoms with Gasteiger partial charge in [-0.05, 0) is 35.9 Å². The SMILES string of the molecule is Cl.Cl.O.[2H]C1([2H])COCC([2H])([2H])N1c1ccc(Nc2nccc(-c3ccc(CNCC#N)cc3)n2)cc1. The molecule has 10 heteroatoms. The van der Waals surface area contributed by atoms with Gasteiger partial charge in [0.25, 0.3) is 0 Å². The minimum absolute atomic E-state index is 0. The molecule has 0 spiro atoms. The number of nitrogens with zero attached hydrogens (tertiary/aromatic N) is 4. The van der Waals surface area contributed by atoms with Gasteiger partial charge < -0.3 is 25.7 Å². The van der Waals surface area contributed by atoms with E-state index in [0.717, 1.165) is 21.7 Å². The summed E-state index contributed by atoms with van der Waals surface area (Å²) in [6.45, 7) is -3.41. The number of rotatable bonds is 7. The van der Waals surface area contributed by atoms with Crippen molar-refractivity contribution in [3.63, 3.8) is 0 Å². The number of nitriles is 1. The quantitative estimate of drug-likeness (QED) is 0.381. The van der Waals surface area contributed by atoms with Crippen molar-refractivity contribution >= 4 is 42.1 Å². The Kier molecular flexibility index (Phi) is 9.46. The second-order valence-electron chi connectivity index (χ2n) is 6.54. The molecular formula is C23H28Cl2N6O2. The molecule has 0 aliphatic carbocycles. The summed E-state index contributed by atoms with van der Waals surface area (Å²) in [4.78, 5) is 9.97. The van der Waals surface area contributed by atoms with Gasteiger partial charge in [-0.2, -0.15) is 5.26 Å². The van der Waals surface area contributed by atoms with Crippen LogP contribution >= 0.6 is 24.8 Å². The average molecular weight is 495 g/mol. The van der Waals surface area contributed by atoms with Gasteiger partial charge in [-0.3, -0.25) is 0 Å². The predicted molar refractivity (Wildman–Crippen MR) is 136 cm³/mol. The van der Waals surface area contributed by atoms with Crippen molar-refractivity contribution in [2.45, 2.75) is 6.54 Å². The molecule has 0 bridgehead atoms. The van der Waals surface area contributed by atoms with E-state index < -0.39 is 13.0 Å². The number of halogens is 2. The van der Waals surface area contributed by atoms with Crippen LogP contribution in [0.3, 0.4) is 0 Å². The summed E-state index contributed by atoms with van der Waals surface area (Å²) in [7, 11) is 0. The van der Waals surface area contributed by atoms with Crippen LogP contribution < -0.4 is 15.5 Å². The first-order valence-corrected chi connectivity index (χ1v) is 9.54. The van der Waals surface area contributed by atoms with E-state index in [1.54, 1.807) is 30.5 Å². The molecule has 0 unspecified atom stereocenters. The predicted octanol–water partition coefficient (Wildman–Crippen LogP) is 3.36. The monoisotopic (exact) mass is 494 g/mol. The van der Waals surface area contributed by atoms with Crippen LogP contribution in [0.4, 0.5) is 17.3 Å². The van der Waals surface area contributed by atoms with Crippen LogP contribution in [0.15, 0.2) is 60.8 Å². The molecule has 1 saturated heterocycles. The topological polar surface area (TPSA) is 118 Å². The van der Waals surface area contributed by atoms with Gasteiger partial charge in [0.1, 0.15) is 0 Å². The highest BCUT2D eigenvalue weighted by molar-refractivity contribution is 5.85. The fourth-order valence-electron chi connectivity index (χ4n) is 2.97. The molecular weight excluding hydrogens is 463 g/mol. The third-order valence-corrected chi connectivity index (χ3v) is 4.47. The van der Waals surface area contributed by atoms with Gasteiger partial charge in [0.2, 0.25) is 5.95 Å². The van der Waals surface area contributed by atoms with Crippen LogP contribution in [0.25, 0.3) is 11.3 Å². The molecule has 33 heavy (non-hydrogen) atoms. The number of ether oxygens (including phenoxy) is 1. The van der Waals surface area contributed by atoms with Gasteiger partial charge in [-0.15, -0.1) is 24.8 Å². The lowest BCUT2D eigenvalue weighted by molar-refractivity contribution is 0.122.